The number of hydrogen-bond acceptors (Lipinski definition) is 6. The quantitative estimate of drug-likeness (QED) is 0.399. The number of benzene rings is 3. The monoisotopic (exact) mass is 361 g/mol. The number of nitrogens with zero attached hydrogens (tertiary/aromatic N) is 2. The summed E-state index contributed by atoms with van der Waals surface area (Å²) >= 11 is 0. The molecule has 0 spiro atoms. The number of hydrogen-bond donors (Lipinski definition) is 0. The third-order valence-corrected chi connectivity index (χ3v) is 4.44. The van der Waals surface area contributed by atoms with E-state index in [4.69, 9.17) is 0 Å². The van der Waals surface area contributed by atoms with Crippen molar-refractivity contribution in [1.29, 1.82) is 0 Å². The molecule has 1 heterocycles. The molecule has 0 aliphatic carbocycles. The topological polar surface area (TPSA) is 121 Å². The highest BCUT2D eigenvalue weighted by Crippen LogP contribution is 2.36. The molecule has 3 aromatic rings. The van der Waals surface area contributed by atoms with E-state index in [9.17, 15) is 29.6 Å². The second-order valence-electron chi connectivity index (χ2n) is 5.90. The van der Waals surface area contributed by atoms with Crippen LogP contribution in [-0.2, 0) is 0 Å². The molecule has 0 saturated carbocycles. The molecule has 0 radical (unpaired) electrons. The summed E-state index contributed by atoms with van der Waals surface area (Å²) in [6, 6.07) is 12.2. The standard InChI is InChI=1S/C19H10N2O6/c22-17-13-3-1-2-12-15(21(26)27)9-8-14(16(12)13)18(23)20(17)11-6-4-10(5-7-11)19(24)25/h1-9H,(H,24,25)/p-1. The van der Waals surface area contributed by atoms with Crippen LogP contribution in [0.2, 0.25) is 0 Å². The SMILES string of the molecule is O=C([O-])c1ccc(N2C(=O)c3cccc4c([N+](=O)[O-])ccc(c34)C2=O)cc1. The highest BCUT2D eigenvalue weighted by Gasteiger charge is 2.35. The molecule has 132 valence electrons. The van der Waals surface area contributed by atoms with Crippen molar-refractivity contribution in [2.24, 2.45) is 0 Å². The summed E-state index contributed by atoms with van der Waals surface area (Å²) in [5.41, 5.74) is 0.234. The van der Waals surface area contributed by atoms with E-state index in [-0.39, 0.29) is 38.8 Å². The van der Waals surface area contributed by atoms with Gasteiger partial charge < -0.3 is 9.90 Å². The van der Waals surface area contributed by atoms with Gasteiger partial charge in [-0.05, 0) is 35.9 Å². The van der Waals surface area contributed by atoms with Gasteiger partial charge in [0.05, 0.1) is 22.0 Å². The molecule has 0 bridgehead atoms. The van der Waals surface area contributed by atoms with Crippen LogP contribution in [0.3, 0.4) is 0 Å². The van der Waals surface area contributed by atoms with Crippen molar-refractivity contribution < 1.29 is 24.4 Å². The smallest absolute Gasteiger partial charge is 0.277 e. The van der Waals surface area contributed by atoms with Crippen LogP contribution in [0.5, 0.6) is 0 Å². The molecular weight excluding hydrogens is 352 g/mol. The van der Waals surface area contributed by atoms with Crippen molar-refractivity contribution in [2.75, 3.05) is 4.90 Å². The van der Waals surface area contributed by atoms with Crippen molar-refractivity contribution in [2.45, 2.75) is 0 Å². The van der Waals surface area contributed by atoms with Gasteiger partial charge in [0.15, 0.2) is 0 Å². The first-order valence-electron chi connectivity index (χ1n) is 7.80. The molecular formula is C19H9N2O6-. The number of aromatic carboxylic acids is 1. The Kier molecular flexibility index (Phi) is 3.48. The number of non-ortho nitro benzene ring substituents is 1. The summed E-state index contributed by atoms with van der Waals surface area (Å²) in [5, 5.41) is 22.6. The Hall–Kier alpha value is -4.07. The van der Waals surface area contributed by atoms with Crippen LogP contribution in [0, 0.1) is 10.1 Å². The lowest BCUT2D eigenvalue weighted by Crippen LogP contribution is -2.40. The van der Waals surface area contributed by atoms with Crippen molar-refractivity contribution in [3.8, 4) is 0 Å². The molecule has 0 fully saturated rings. The van der Waals surface area contributed by atoms with Crippen molar-refractivity contribution in [3.63, 3.8) is 0 Å². The van der Waals surface area contributed by atoms with E-state index in [1.165, 1.54) is 54.6 Å². The van der Waals surface area contributed by atoms with Gasteiger partial charge in [-0.3, -0.25) is 19.7 Å². The molecule has 1 aliphatic rings. The van der Waals surface area contributed by atoms with Gasteiger partial charge in [0.2, 0.25) is 0 Å². The second kappa shape index (κ2) is 5.73. The largest absolute Gasteiger partial charge is 0.545 e. The fourth-order valence-corrected chi connectivity index (χ4v) is 3.22. The van der Waals surface area contributed by atoms with Gasteiger partial charge >= 0.3 is 0 Å². The number of nitro groups is 1. The molecule has 0 N–H and O–H groups in total. The molecule has 8 nitrogen and oxygen atoms in total. The molecule has 27 heavy (non-hydrogen) atoms. The number of carbonyl (C=O) groups excluding carboxylic acids is 3. The number of carbonyl (C=O) groups is 3. The maximum Gasteiger partial charge on any atom is 0.277 e. The molecule has 2 amide bonds. The van der Waals surface area contributed by atoms with Crippen LogP contribution in [0.1, 0.15) is 31.1 Å². The minimum absolute atomic E-state index is 0.0891. The lowest BCUT2D eigenvalue weighted by Gasteiger charge is -2.27. The van der Waals surface area contributed by atoms with E-state index >= 15 is 0 Å². The van der Waals surface area contributed by atoms with Gasteiger partial charge in [-0.25, -0.2) is 4.90 Å². The van der Waals surface area contributed by atoms with Gasteiger partial charge in [-0.15, -0.1) is 0 Å². The molecule has 3 aromatic carbocycles. The zero-order valence-corrected chi connectivity index (χ0v) is 13.5. The maximum absolute atomic E-state index is 12.9. The van der Waals surface area contributed by atoms with Crippen LogP contribution < -0.4 is 10.0 Å². The zero-order chi connectivity index (χ0) is 19.3. The average molecular weight is 361 g/mol. The van der Waals surface area contributed by atoms with E-state index in [0.717, 1.165) is 4.90 Å². The Bertz CT molecular complexity index is 1140. The number of nitro benzene ring substituents is 1. The van der Waals surface area contributed by atoms with Crippen LogP contribution in [-0.4, -0.2) is 22.7 Å². The number of amides is 2. The molecule has 0 atom stereocenters. The molecule has 8 heteroatoms. The molecule has 0 unspecified atom stereocenters. The summed E-state index contributed by atoms with van der Waals surface area (Å²) in [6.07, 6.45) is 0. The Labute approximate surface area is 151 Å². The first kappa shape index (κ1) is 16.4. The molecule has 0 aromatic heterocycles. The predicted molar refractivity (Wildman–Crippen MR) is 92.5 cm³/mol. The fraction of sp³-hybridized carbons (Fsp3) is 0. The number of rotatable bonds is 3. The first-order valence-corrected chi connectivity index (χ1v) is 7.80. The number of carboxylic acids is 1. The lowest BCUT2D eigenvalue weighted by atomic mass is 9.92. The summed E-state index contributed by atoms with van der Waals surface area (Å²) in [4.78, 5) is 48.3. The molecule has 1 aliphatic heterocycles. The summed E-state index contributed by atoms with van der Waals surface area (Å²) in [7, 11) is 0. The number of anilines is 1. The number of carboxylic acid groups (broad SMARTS) is 1. The summed E-state index contributed by atoms with van der Waals surface area (Å²) < 4.78 is 0. The van der Waals surface area contributed by atoms with E-state index in [2.05, 4.69) is 0 Å². The summed E-state index contributed by atoms with van der Waals surface area (Å²) in [5.74, 6) is -2.65. The van der Waals surface area contributed by atoms with Crippen molar-refractivity contribution in [3.05, 3.63) is 81.4 Å². The van der Waals surface area contributed by atoms with E-state index in [1.807, 2.05) is 0 Å². The maximum atomic E-state index is 12.9. The van der Waals surface area contributed by atoms with Gasteiger partial charge in [0, 0.05) is 22.6 Å². The Morgan fingerprint density at radius 2 is 1.52 bits per heavy atom. The van der Waals surface area contributed by atoms with Gasteiger partial charge in [-0.1, -0.05) is 18.2 Å². The average Bonchev–Trinajstić information content (AvgIpc) is 2.66. The predicted octanol–water partition coefficient (Wildman–Crippen LogP) is 1.91. The third-order valence-electron chi connectivity index (χ3n) is 4.44. The molecule has 4 rings (SSSR count). The highest BCUT2D eigenvalue weighted by molar-refractivity contribution is 6.36. The Morgan fingerprint density at radius 3 is 2.11 bits per heavy atom. The second-order valence-corrected chi connectivity index (χ2v) is 5.90. The van der Waals surface area contributed by atoms with Gasteiger partial charge in [0.25, 0.3) is 17.5 Å². The highest BCUT2D eigenvalue weighted by atomic mass is 16.6. The Morgan fingerprint density at radius 1 is 0.889 bits per heavy atom. The van der Waals surface area contributed by atoms with E-state index in [1.54, 1.807) is 0 Å². The molecule has 0 saturated heterocycles. The lowest BCUT2D eigenvalue weighted by molar-refractivity contribution is -0.383. The first-order chi connectivity index (χ1) is 12.9. The van der Waals surface area contributed by atoms with Crippen LogP contribution in [0.25, 0.3) is 10.8 Å². The minimum Gasteiger partial charge on any atom is -0.545 e. The summed E-state index contributed by atoms with van der Waals surface area (Å²) in [6.45, 7) is 0. The fourth-order valence-electron chi connectivity index (χ4n) is 3.22. The minimum atomic E-state index is -1.37. The van der Waals surface area contributed by atoms with E-state index in [0.29, 0.717) is 0 Å². The zero-order valence-electron chi connectivity index (χ0n) is 13.5. The van der Waals surface area contributed by atoms with Crippen molar-refractivity contribution in [1.82, 2.24) is 0 Å². The van der Waals surface area contributed by atoms with Crippen molar-refractivity contribution >= 4 is 39.9 Å². The normalized spacial score (nSPS) is 13.1. The van der Waals surface area contributed by atoms with Crippen LogP contribution in [0.4, 0.5) is 11.4 Å². The van der Waals surface area contributed by atoms with Gasteiger partial charge in [0.1, 0.15) is 0 Å². The van der Waals surface area contributed by atoms with Crippen LogP contribution in [0.15, 0.2) is 54.6 Å². The van der Waals surface area contributed by atoms with Gasteiger partial charge in [-0.2, -0.15) is 0 Å². The third kappa shape index (κ3) is 2.35. The Balaban J connectivity index is 1.91. The van der Waals surface area contributed by atoms with Crippen LogP contribution >= 0.6 is 0 Å². The number of imide groups is 1. The van der Waals surface area contributed by atoms with E-state index < -0.39 is 22.7 Å².